The highest BCUT2D eigenvalue weighted by Crippen LogP contribution is 2.21. The van der Waals surface area contributed by atoms with Crippen LogP contribution in [0.25, 0.3) is 0 Å². The van der Waals surface area contributed by atoms with E-state index in [-0.39, 0.29) is 12.1 Å². The maximum Gasteiger partial charge on any atom is 0.317 e. The molecule has 1 aliphatic rings. The van der Waals surface area contributed by atoms with Gasteiger partial charge in [-0.25, -0.2) is 4.79 Å². The molecule has 3 nitrogen and oxygen atoms in total. The Morgan fingerprint density at radius 2 is 2.07 bits per heavy atom. The molecule has 0 bridgehead atoms. The van der Waals surface area contributed by atoms with Crippen LogP contribution in [0.3, 0.4) is 0 Å². The van der Waals surface area contributed by atoms with Crippen molar-refractivity contribution in [1.29, 1.82) is 0 Å². The summed E-state index contributed by atoms with van der Waals surface area (Å²) < 4.78 is 0. The Hall–Kier alpha value is -1.51. The fourth-order valence-corrected chi connectivity index (χ4v) is 1.93. The summed E-state index contributed by atoms with van der Waals surface area (Å²) >= 11 is 0. The molecule has 1 atom stereocenters. The van der Waals surface area contributed by atoms with Crippen molar-refractivity contribution in [3.63, 3.8) is 0 Å². The van der Waals surface area contributed by atoms with Gasteiger partial charge in [0.15, 0.2) is 0 Å². The van der Waals surface area contributed by atoms with Gasteiger partial charge < -0.3 is 10.2 Å². The first-order chi connectivity index (χ1) is 7.29. The van der Waals surface area contributed by atoms with Crippen LogP contribution in [0.4, 0.5) is 4.79 Å². The van der Waals surface area contributed by atoms with E-state index < -0.39 is 0 Å². The molecule has 1 unspecified atom stereocenters. The van der Waals surface area contributed by atoms with E-state index in [9.17, 15) is 4.79 Å². The molecular formula is C12H16N2O. The Morgan fingerprint density at radius 1 is 1.33 bits per heavy atom. The second-order valence-electron chi connectivity index (χ2n) is 3.87. The molecule has 1 aliphatic heterocycles. The highest BCUT2D eigenvalue weighted by atomic mass is 16.2. The molecule has 0 aliphatic carbocycles. The second kappa shape index (κ2) is 4.34. The molecule has 1 aromatic rings. The first kappa shape index (κ1) is 10.0. The highest BCUT2D eigenvalue weighted by molar-refractivity contribution is 5.75. The average molecular weight is 204 g/mol. The van der Waals surface area contributed by atoms with Gasteiger partial charge in [-0.15, -0.1) is 0 Å². The molecule has 1 heterocycles. The minimum atomic E-state index is 0.0533. The molecular weight excluding hydrogens is 188 g/mol. The number of nitrogens with zero attached hydrogens (tertiary/aromatic N) is 1. The molecule has 80 valence electrons. The van der Waals surface area contributed by atoms with Crippen molar-refractivity contribution >= 4 is 6.03 Å². The summed E-state index contributed by atoms with van der Waals surface area (Å²) in [5.74, 6) is 0. The van der Waals surface area contributed by atoms with Crippen molar-refractivity contribution < 1.29 is 4.79 Å². The van der Waals surface area contributed by atoms with Crippen LogP contribution >= 0.6 is 0 Å². The smallest absolute Gasteiger partial charge is 0.317 e. The third-order valence-electron chi connectivity index (χ3n) is 2.86. The Bertz CT molecular complexity index is 337. The number of hydrogen-bond acceptors (Lipinski definition) is 1. The largest absolute Gasteiger partial charge is 0.338 e. The number of urea groups is 1. The predicted octanol–water partition coefficient (Wildman–Crippen LogP) is 2.16. The summed E-state index contributed by atoms with van der Waals surface area (Å²) in [5.41, 5.74) is 1.19. The van der Waals surface area contributed by atoms with E-state index in [4.69, 9.17) is 0 Å². The average Bonchev–Trinajstić information content (AvgIpc) is 2.30. The molecule has 1 saturated heterocycles. The monoisotopic (exact) mass is 204 g/mol. The number of hydrogen-bond donors (Lipinski definition) is 1. The van der Waals surface area contributed by atoms with Gasteiger partial charge in [-0.3, -0.25) is 0 Å². The van der Waals surface area contributed by atoms with Crippen molar-refractivity contribution in [2.75, 3.05) is 13.1 Å². The fraction of sp³-hybridized carbons (Fsp3) is 0.417. The summed E-state index contributed by atoms with van der Waals surface area (Å²) in [6.07, 6.45) is 1.03. The highest BCUT2D eigenvalue weighted by Gasteiger charge is 2.23. The van der Waals surface area contributed by atoms with E-state index in [2.05, 4.69) is 24.4 Å². The number of benzene rings is 1. The van der Waals surface area contributed by atoms with Gasteiger partial charge in [-0.05, 0) is 18.9 Å². The molecule has 1 fully saturated rings. The minimum absolute atomic E-state index is 0.0533. The van der Waals surface area contributed by atoms with E-state index in [0.29, 0.717) is 0 Å². The Labute approximate surface area is 90.1 Å². The Balaban J connectivity index is 2.13. The van der Waals surface area contributed by atoms with E-state index in [1.165, 1.54) is 5.56 Å². The zero-order chi connectivity index (χ0) is 10.7. The lowest BCUT2D eigenvalue weighted by molar-refractivity contribution is 0.166. The predicted molar refractivity (Wildman–Crippen MR) is 59.6 cm³/mol. The van der Waals surface area contributed by atoms with E-state index >= 15 is 0 Å². The quantitative estimate of drug-likeness (QED) is 0.786. The van der Waals surface area contributed by atoms with Crippen molar-refractivity contribution in [1.82, 2.24) is 10.2 Å². The molecule has 1 aromatic carbocycles. The molecule has 15 heavy (non-hydrogen) atoms. The minimum Gasteiger partial charge on any atom is -0.338 e. The first-order valence-corrected chi connectivity index (χ1v) is 5.38. The normalized spacial score (nSPS) is 18.5. The van der Waals surface area contributed by atoms with Crippen molar-refractivity contribution in [2.45, 2.75) is 19.4 Å². The maximum absolute atomic E-state index is 11.6. The van der Waals surface area contributed by atoms with Crippen LogP contribution in [-0.4, -0.2) is 24.0 Å². The summed E-state index contributed by atoms with van der Waals surface area (Å²) in [5, 5.41) is 2.87. The van der Waals surface area contributed by atoms with E-state index in [1.807, 2.05) is 23.1 Å². The van der Waals surface area contributed by atoms with Crippen LogP contribution in [0.15, 0.2) is 30.3 Å². The zero-order valence-corrected chi connectivity index (χ0v) is 8.94. The molecule has 2 amide bonds. The summed E-state index contributed by atoms with van der Waals surface area (Å²) in [6.45, 7) is 3.72. The number of amides is 2. The van der Waals surface area contributed by atoms with Crippen LogP contribution in [-0.2, 0) is 0 Å². The van der Waals surface area contributed by atoms with Gasteiger partial charge in [0, 0.05) is 13.1 Å². The number of carbonyl (C=O) groups is 1. The van der Waals surface area contributed by atoms with Gasteiger partial charge in [0.25, 0.3) is 0 Å². The van der Waals surface area contributed by atoms with Crippen LogP contribution in [0.2, 0.25) is 0 Å². The van der Waals surface area contributed by atoms with Gasteiger partial charge in [0.05, 0.1) is 6.04 Å². The lowest BCUT2D eigenvalue weighted by Crippen LogP contribution is -2.47. The lowest BCUT2D eigenvalue weighted by atomic mass is 10.1. The van der Waals surface area contributed by atoms with Crippen LogP contribution in [0.5, 0.6) is 0 Å². The summed E-state index contributed by atoms with van der Waals surface area (Å²) in [6, 6.07) is 10.3. The van der Waals surface area contributed by atoms with Crippen molar-refractivity contribution in [3.8, 4) is 0 Å². The van der Waals surface area contributed by atoms with Crippen molar-refractivity contribution in [3.05, 3.63) is 35.9 Å². The number of rotatable bonds is 2. The van der Waals surface area contributed by atoms with Crippen LogP contribution in [0, 0.1) is 0 Å². The van der Waals surface area contributed by atoms with E-state index in [1.54, 1.807) is 0 Å². The molecule has 3 heteroatoms. The van der Waals surface area contributed by atoms with Crippen molar-refractivity contribution in [2.24, 2.45) is 0 Å². The summed E-state index contributed by atoms with van der Waals surface area (Å²) in [7, 11) is 0. The second-order valence-corrected chi connectivity index (χ2v) is 3.87. The lowest BCUT2D eigenvalue weighted by Gasteiger charge is -2.33. The van der Waals surface area contributed by atoms with Gasteiger partial charge in [0.1, 0.15) is 0 Å². The SMILES string of the molecule is CC(c1ccccc1)N1CCCNC1=O. The molecule has 0 radical (unpaired) electrons. The standard InChI is InChI=1S/C12H16N2O/c1-10(11-6-3-2-4-7-11)14-9-5-8-13-12(14)15/h2-4,6-7,10H,5,8-9H2,1H3,(H,13,15). The van der Waals surface area contributed by atoms with Gasteiger partial charge in [-0.2, -0.15) is 0 Å². The van der Waals surface area contributed by atoms with Crippen LogP contribution in [0.1, 0.15) is 24.9 Å². The third kappa shape index (κ3) is 2.12. The maximum atomic E-state index is 11.6. The molecule has 0 saturated carbocycles. The molecule has 0 aromatic heterocycles. The number of nitrogens with one attached hydrogen (secondary N) is 1. The van der Waals surface area contributed by atoms with Gasteiger partial charge in [-0.1, -0.05) is 30.3 Å². The molecule has 2 rings (SSSR count). The fourth-order valence-electron chi connectivity index (χ4n) is 1.93. The van der Waals surface area contributed by atoms with Crippen LogP contribution < -0.4 is 5.32 Å². The molecule has 0 spiro atoms. The Morgan fingerprint density at radius 3 is 2.73 bits per heavy atom. The Kier molecular flexibility index (Phi) is 2.90. The van der Waals surface area contributed by atoms with Gasteiger partial charge in [0.2, 0.25) is 0 Å². The zero-order valence-electron chi connectivity index (χ0n) is 8.94. The van der Waals surface area contributed by atoms with Gasteiger partial charge >= 0.3 is 6.03 Å². The number of carbonyl (C=O) groups excluding carboxylic acids is 1. The topological polar surface area (TPSA) is 32.3 Å². The molecule has 1 N–H and O–H groups in total. The summed E-state index contributed by atoms with van der Waals surface area (Å²) in [4.78, 5) is 13.5. The van der Waals surface area contributed by atoms with E-state index in [0.717, 1.165) is 19.5 Å². The first-order valence-electron chi connectivity index (χ1n) is 5.38. The third-order valence-corrected chi connectivity index (χ3v) is 2.86.